The van der Waals surface area contributed by atoms with E-state index in [0.717, 1.165) is 57.2 Å². The highest BCUT2D eigenvalue weighted by Crippen LogP contribution is 2.65. The highest BCUT2D eigenvalue weighted by molar-refractivity contribution is 5.62. The fourth-order valence-electron chi connectivity index (χ4n) is 6.81. The van der Waals surface area contributed by atoms with Crippen LogP contribution in [0.2, 0.25) is 0 Å². The molecule has 4 aliphatic rings. The van der Waals surface area contributed by atoms with E-state index in [1.165, 1.54) is 11.1 Å². The van der Waals surface area contributed by atoms with Crippen LogP contribution in [0.15, 0.2) is 42.5 Å². The number of aromatic hydroxyl groups is 1. The average Bonchev–Trinajstić information content (AvgIpc) is 3.04. The van der Waals surface area contributed by atoms with Crippen molar-refractivity contribution in [2.75, 3.05) is 13.1 Å². The van der Waals surface area contributed by atoms with Gasteiger partial charge in [0.05, 0.1) is 11.0 Å². The molecule has 2 N–H and O–H groups in total. The number of ether oxygens (including phenoxy) is 1. The molecule has 1 saturated heterocycles. The molecule has 2 aliphatic heterocycles. The molecule has 2 aromatic rings. The predicted octanol–water partition coefficient (Wildman–Crippen LogP) is 3.18. The summed E-state index contributed by atoms with van der Waals surface area (Å²) >= 11 is 0. The highest BCUT2D eigenvalue weighted by atomic mass is 16.5. The first-order valence-electron chi connectivity index (χ1n) is 10.7. The van der Waals surface area contributed by atoms with Gasteiger partial charge in [-0.1, -0.05) is 36.4 Å². The van der Waals surface area contributed by atoms with E-state index in [2.05, 4.69) is 41.3 Å². The monoisotopic (exact) mass is 377 g/mol. The summed E-state index contributed by atoms with van der Waals surface area (Å²) in [6, 6.07) is 14.6. The molecule has 2 bridgehead atoms. The van der Waals surface area contributed by atoms with Crippen molar-refractivity contribution in [3.8, 4) is 11.5 Å². The molecule has 0 unspecified atom stereocenters. The van der Waals surface area contributed by atoms with Gasteiger partial charge in [-0.2, -0.15) is 0 Å². The molecular weight excluding hydrogens is 350 g/mol. The first kappa shape index (κ1) is 16.9. The van der Waals surface area contributed by atoms with Crippen LogP contribution in [0.25, 0.3) is 0 Å². The van der Waals surface area contributed by atoms with Gasteiger partial charge < -0.3 is 14.9 Å². The zero-order valence-corrected chi connectivity index (χ0v) is 16.1. The molecule has 146 valence electrons. The number of nitrogens with zero attached hydrogens (tertiary/aromatic N) is 1. The molecule has 4 atom stereocenters. The molecule has 2 aromatic carbocycles. The number of likely N-dealkylation sites (tertiary alicyclic amines) is 1. The topological polar surface area (TPSA) is 52.9 Å². The van der Waals surface area contributed by atoms with Crippen molar-refractivity contribution in [3.05, 3.63) is 59.2 Å². The van der Waals surface area contributed by atoms with Crippen LogP contribution in [0.3, 0.4) is 0 Å². The van der Waals surface area contributed by atoms with Gasteiger partial charge in [0.15, 0.2) is 11.5 Å². The molecule has 4 heteroatoms. The van der Waals surface area contributed by atoms with E-state index in [9.17, 15) is 10.2 Å². The van der Waals surface area contributed by atoms with Crippen molar-refractivity contribution in [1.82, 2.24) is 4.90 Å². The van der Waals surface area contributed by atoms with Crippen molar-refractivity contribution in [1.29, 1.82) is 0 Å². The first-order valence-corrected chi connectivity index (χ1v) is 10.7. The number of phenolic OH excluding ortho intramolecular Hbond substituents is 1. The van der Waals surface area contributed by atoms with E-state index in [0.29, 0.717) is 5.75 Å². The molecule has 0 amide bonds. The summed E-state index contributed by atoms with van der Waals surface area (Å²) in [6.07, 6.45) is 5.52. The predicted molar refractivity (Wildman–Crippen MR) is 107 cm³/mol. The first-order chi connectivity index (χ1) is 13.6. The molecule has 1 saturated carbocycles. The number of piperidine rings is 1. The van der Waals surface area contributed by atoms with Gasteiger partial charge in [0, 0.05) is 18.2 Å². The Hall–Kier alpha value is -2.04. The molecule has 0 aromatic heterocycles. The largest absolute Gasteiger partial charge is 0.504 e. The summed E-state index contributed by atoms with van der Waals surface area (Å²) in [5.74, 6) is 0.883. The van der Waals surface area contributed by atoms with Crippen molar-refractivity contribution in [2.24, 2.45) is 0 Å². The summed E-state index contributed by atoms with van der Waals surface area (Å²) in [5, 5.41) is 22.6. The second-order valence-corrected chi connectivity index (χ2v) is 9.08. The number of aliphatic hydroxyl groups is 1. The van der Waals surface area contributed by atoms with E-state index >= 15 is 0 Å². The van der Waals surface area contributed by atoms with Crippen LogP contribution in [-0.4, -0.2) is 45.9 Å². The van der Waals surface area contributed by atoms with Crippen LogP contribution in [-0.2, 0) is 18.3 Å². The third-order valence-electron chi connectivity index (χ3n) is 8.00. The van der Waals surface area contributed by atoms with E-state index < -0.39 is 5.60 Å². The zero-order valence-electron chi connectivity index (χ0n) is 16.1. The van der Waals surface area contributed by atoms with E-state index in [1.54, 1.807) is 6.07 Å². The lowest BCUT2D eigenvalue weighted by molar-refractivity contribution is -0.184. The summed E-state index contributed by atoms with van der Waals surface area (Å²) in [5.41, 5.74) is 2.62. The summed E-state index contributed by atoms with van der Waals surface area (Å²) < 4.78 is 6.31. The highest BCUT2D eigenvalue weighted by Gasteiger charge is 2.70. The summed E-state index contributed by atoms with van der Waals surface area (Å²) in [7, 11) is 0. The molecule has 0 radical (unpaired) electrons. The van der Waals surface area contributed by atoms with Gasteiger partial charge in [-0.15, -0.1) is 0 Å². The summed E-state index contributed by atoms with van der Waals surface area (Å²) in [6.45, 7) is 1.95. The van der Waals surface area contributed by atoms with Gasteiger partial charge in [0.25, 0.3) is 0 Å². The molecule has 1 spiro atoms. The van der Waals surface area contributed by atoms with Gasteiger partial charge in [0.2, 0.25) is 0 Å². The number of hydrogen-bond donors (Lipinski definition) is 2. The SMILES string of the molecule is Oc1ccc2c3c1O[C@H]1CCC[C@@]4(O)[C@@H](C2)N(CCc2ccccc2)CC[C@]314. The lowest BCUT2D eigenvalue weighted by atomic mass is 9.49. The Morgan fingerprint density at radius 3 is 2.82 bits per heavy atom. The Morgan fingerprint density at radius 1 is 1.11 bits per heavy atom. The maximum Gasteiger partial charge on any atom is 0.165 e. The van der Waals surface area contributed by atoms with Crippen LogP contribution in [0.5, 0.6) is 11.5 Å². The Morgan fingerprint density at radius 2 is 1.96 bits per heavy atom. The van der Waals surface area contributed by atoms with Gasteiger partial charge in [-0.25, -0.2) is 0 Å². The Labute approximate surface area is 165 Å². The van der Waals surface area contributed by atoms with Crippen LogP contribution in [0, 0.1) is 0 Å². The number of hydrogen-bond acceptors (Lipinski definition) is 4. The van der Waals surface area contributed by atoms with E-state index in [4.69, 9.17) is 4.74 Å². The minimum Gasteiger partial charge on any atom is -0.504 e. The molecule has 4 nitrogen and oxygen atoms in total. The molecule has 6 rings (SSSR count). The van der Waals surface area contributed by atoms with E-state index in [1.807, 2.05) is 0 Å². The van der Waals surface area contributed by atoms with Crippen molar-refractivity contribution < 1.29 is 14.9 Å². The van der Waals surface area contributed by atoms with Gasteiger partial charge >= 0.3 is 0 Å². The third-order valence-corrected chi connectivity index (χ3v) is 8.00. The fraction of sp³-hybridized carbons (Fsp3) is 0.500. The third kappa shape index (κ3) is 1.98. The van der Waals surface area contributed by atoms with Crippen molar-refractivity contribution >= 4 is 0 Å². The maximum atomic E-state index is 12.2. The lowest BCUT2D eigenvalue weighted by Crippen LogP contribution is -2.75. The van der Waals surface area contributed by atoms with Crippen molar-refractivity contribution in [3.63, 3.8) is 0 Å². The molecular formula is C24H27NO3. The lowest BCUT2D eigenvalue weighted by Gasteiger charge is -2.63. The number of rotatable bonds is 3. The summed E-state index contributed by atoms with van der Waals surface area (Å²) in [4.78, 5) is 2.52. The van der Waals surface area contributed by atoms with E-state index in [-0.39, 0.29) is 23.3 Å². The molecule has 2 aliphatic carbocycles. The molecule has 28 heavy (non-hydrogen) atoms. The Bertz CT molecular complexity index is 929. The van der Waals surface area contributed by atoms with Crippen LogP contribution in [0.1, 0.15) is 42.4 Å². The molecule has 2 heterocycles. The van der Waals surface area contributed by atoms with Crippen LogP contribution in [0.4, 0.5) is 0 Å². The quantitative estimate of drug-likeness (QED) is 0.863. The number of phenols is 1. The smallest absolute Gasteiger partial charge is 0.165 e. The minimum atomic E-state index is -0.767. The normalized spacial score (nSPS) is 35.3. The van der Waals surface area contributed by atoms with Crippen molar-refractivity contribution in [2.45, 2.75) is 61.7 Å². The average molecular weight is 377 g/mol. The second kappa shape index (κ2) is 5.74. The van der Waals surface area contributed by atoms with Crippen LogP contribution < -0.4 is 4.74 Å². The fourth-order valence-corrected chi connectivity index (χ4v) is 6.81. The minimum absolute atomic E-state index is 0.00706. The molecule has 2 fully saturated rings. The Kier molecular flexibility index (Phi) is 3.46. The number of benzene rings is 2. The van der Waals surface area contributed by atoms with Gasteiger partial charge in [-0.05, 0) is 62.3 Å². The maximum absolute atomic E-state index is 12.2. The van der Waals surface area contributed by atoms with Crippen LogP contribution >= 0.6 is 0 Å². The standard InChI is InChI=1S/C24H27NO3/c26-18-9-8-17-15-19-24(27)11-4-7-20-23(24,21(17)22(18)28-20)12-14-25(19)13-10-16-5-2-1-3-6-16/h1-3,5-6,8-9,19-20,26-27H,4,7,10-15H2/t19-,20+,23-,24-/m1/s1. The zero-order chi connectivity index (χ0) is 18.9. The van der Waals surface area contributed by atoms with Gasteiger partial charge in [0.1, 0.15) is 6.10 Å². The Balaban J connectivity index is 1.41. The van der Waals surface area contributed by atoms with Gasteiger partial charge in [-0.3, -0.25) is 4.90 Å². The second-order valence-electron chi connectivity index (χ2n) is 9.08.